The molecule has 0 aliphatic heterocycles. The molecule has 182 valence electrons. The van der Waals surface area contributed by atoms with Gasteiger partial charge >= 0.3 is 5.97 Å². The third-order valence-corrected chi connectivity index (χ3v) is 6.81. The Morgan fingerprint density at radius 2 is 1.32 bits per heavy atom. The van der Waals surface area contributed by atoms with Crippen molar-refractivity contribution in [2.24, 2.45) is 5.92 Å². The zero-order valence-corrected chi connectivity index (χ0v) is 19.6. The molecule has 1 aliphatic rings. The van der Waals surface area contributed by atoms with E-state index in [4.69, 9.17) is 9.84 Å². The van der Waals surface area contributed by atoms with E-state index in [1.807, 2.05) is 0 Å². The van der Waals surface area contributed by atoms with Crippen molar-refractivity contribution in [2.75, 3.05) is 19.3 Å². The second kappa shape index (κ2) is 11.1. The summed E-state index contributed by atoms with van der Waals surface area (Å²) in [5.74, 6) is -1.08. The van der Waals surface area contributed by atoms with Crippen molar-refractivity contribution in [2.45, 2.75) is 36.7 Å². The highest BCUT2D eigenvalue weighted by atomic mass is 32.2. The lowest BCUT2D eigenvalue weighted by Gasteiger charge is -2.26. The number of amides is 2. The molecular weight excluding hydrogens is 460 g/mol. The van der Waals surface area contributed by atoms with Crippen molar-refractivity contribution < 1.29 is 32.6 Å². The van der Waals surface area contributed by atoms with E-state index in [9.17, 15) is 22.8 Å². The number of carbonyl (C=O) groups excluding carboxylic acids is 2. The van der Waals surface area contributed by atoms with Crippen LogP contribution < -0.4 is 15.4 Å². The minimum atomic E-state index is -3.32. The lowest BCUT2D eigenvalue weighted by Crippen LogP contribution is -2.34. The average molecular weight is 489 g/mol. The molecule has 34 heavy (non-hydrogen) atoms. The molecule has 10 heteroatoms. The van der Waals surface area contributed by atoms with Gasteiger partial charge in [-0.15, -0.1) is 0 Å². The molecule has 0 atom stereocenters. The molecule has 9 nitrogen and oxygen atoms in total. The number of carboxylic acids is 1. The van der Waals surface area contributed by atoms with Gasteiger partial charge in [0.25, 0.3) is 11.8 Å². The molecule has 1 saturated carbocycles. The van der Waals surface area contributed by atoms with Gasteiger partial charge in [0.1, 0.15) is 5.75 Å². The van der Waals surface area contributed by atoms with E-state index in [0.29, 0.717) is 42.6 Å². The van der Waals surface area contributed by atoms with Gasteiger partial charge in [-0.2, -0.15) is 0 Å². The van der Waals surface area contributed by atoms with Crippen LogP contribution in [0.15, 0.2) is 53.4 Å². The summed E-state index contributed by atoms with van der Waals surface area (Å²) in [7, 11) is -3.32. The zero-order valence-electron chi connectivity index (χ0n) is 18.8. The predicted molar refractivity (Wildman–Crippen MR) is 125 cm³/mol. The molecule has 2 aromatic rings. The highest BCUT2D eigenvalue weighted by Crippen LogP contribution is 2.28. The number of hydrogen-bond donors (Lipinski definition) is 3. The van der Waals surface area contributed by atoms with Gasteiger partial charge in [0.05, 0.1) is 16.9 Å². The monoisotopic (exact) mass is 488 g/mol. The molecule has 2 amide bonds. The Hall–Kier alpha value is -3.40. The molecule has 1 fully saturated rings. The maximum Gasteiger partial charge on any atom is 0.306 e. The fourth-order valence-corrected chi connectivity index (χ4v) is 4.35. The largest absolute Gasteiger partial charge is 0.490 e. The first kappa shape index (κ1) is 25.2. The molecule has 0 radical (unpaired) electrons. The Bertz CT molecular complexity index is 1120. The Morgan fingerprint density at radius 1 is 0.853 bits per heavy atom. The molecule has 0 spiro atoms. The molecule has 2 aromatic carbocycles. The number of sulfone groups is 1. The summed E-state index contributed by atoms with van der Waals surface area (Å²) in [6.07, 6.45) is 3.65. The van der Waals surface area contributed by atoms with Crippen molar-refractivity contribution in [1.82, 2.24) is 10.6 Å². The van der Waals surface area contributed by atoms with Crippen LogP contribution in [0.2, 0.25) is 0 Å². The van der Waals surface area contributed by atoms with Gasteiger partial charge in [0.15, 0.2) is 9.84 Å². The third kappa shape index (κ3) is 7.05. The van der Waals surface area contributed by atoms with E-state index in [0.717, 1.165) is 6.26 Å². The van der Waals surface area contributed by atoms with Crippen LogP contribution in [0.1, 0.15) is 46.4 Å². The van der Waals surface area contributed by atoms with Gasteiger partial charge in [0, 0.05) is 30.5 Å². The van der Waals surface area contributed by atoms with Crippen LogP contribution in [-0.2, 0) is 14.6 Å². The number of hydrogen-bond acceptors (Lipinski definition) is 6. The van der Waals surface area contributed by atoms with Crippen LogP contribution in [0.3, 0.4) is 0 Å². The van der Waals surface area contributed by atoms with E-state index in [1.165, 1.54) is 24.3 Å². The molecule has 0 unspecified atom stereocenters. The molecule has 1 aliphatic carbocycles. The van der Waals surface area contributed by atoms with E-state index >= 15 is 0 Å². The van der Waals surface area contributed by atoms with Gasteiger partial charge in [-0.1, -0.05) is 0 Å². The first-order valence-corrected chi connectivity index (χ1v) is 12.9. The fraction of sp³-hybridized carbons (Fsp3) is 0.375. The Labute approximate surface area is 198 Å². The van der Waals surface area contributed by atoms with E-state index in [-0.39, 0.29) is 41.8 Å². The SMILES string of the molecule is CS(=O)(=O)c1ccc(C(=O)NCCNC(=O)c2ccc(OC3CCC(C(=O)O)CC3)cc2)cc1. The number of rotatable bonds is 9. The molecule has 0 heterocycles. The van der Waals surface area contributed by atoms with Crippen molar-refractivity contribution in [1.29, 1.82) is 0 Å². The standard InChI is InChI=1S/C24H28N2O7S/c1-34(31,32)21-12-6-17(7-13-21)23(28)26-15-14-25-22(27)16-2-8-19(9-3-16)33-20-10-4-18(5-11-20)24(29)30/h2-3,6-9,12-13,18,20H,4-5,10-11,14-15H2,1H3,(H,25,27)(H,26,28)(H,29,30). The smallest absolute Gasteiger partial charge is 0.306 e. The maximum absolute atomic E-state index is 12.3. The first-order chi connectivity index (χ1) is 16.1. The maximum atomic E-state index is 12.3. The summed E-state index contributed by atoms with van der Waals surface area (Å²) in [6.45, 7) is 0.426. The number of carbonyl (C=O) groups is 3. The van der Waals surface area contributed by atoms with Gasteiger partial charge in [-0.05, 0) is 74.2 Å². The lowest BCUT2D eigenvalue weighted by atomic mass is 9.87. The first-order valence-electron chi connectivity index (χ1n) is 11.0. The molecule has 3 rings (SSSR count). The Morgan fingerprint density at radius 3 is 1.76 bits per heavy atom. The van der Waals surface area contributed by atoms with Crippen LogP contribution in [0.4, 0.5) is 0 Å². The Balaban J connectivity index is 1.39. The third-order valence-electron chi connectivity index (χ3n) is 5.68. The van der Waals surface area contributed by atoms with Crippen molar-refractivity contribution in [3.05, 3.63) is 59.7 Å². The molecule has 0 bridgehead atoms. The lowest BCUT2D eigenvalue weighted by molar-refractivity contribution is -0.143. The van der Waals surface area contributed by atoms with Crippen LogP contribution in [0, 0.1) is 5.92 Å². The molecule has 0 saturated heterocycles. The number of benzene rings is 2. The molecular formula is C24H28N2O7S. The summed E-state index contributed by atoms with van der Waals surface area (Å²) in [5.41, 5.74) is 0.774. The Kier molecular flexibility index (Phi) is 8.27. The zero-order chi connectivity index (χ0) is 24.7. The molecule has 0 aromatic heterocycles. The van der Waals surface area contributed by atoms with Crippen LogP contribution in [0.25, 0.3) is 0 Å². The van der Waals surface area contributed by atoms with Crippen LogP contribution >= 0.6 is 0 Å². The summed E-state index contributed by atoms with van der Waals surface area (Å²) >= 11 is 0. The van der Waals surface area contributed by atoms with Crippen LogP contribution in [-0.4, -0.2) is 56.8 Å². The normalized spacial score (nSPS) is 18.0. The van der Waals surface area contributed by atoms with Crippen molar-refractivity contribution >= 4 is 27.6 Å². The summed E-state index contributed by atoms with van der Waals surface area (Å²) in [4.78, 5) is 35.6. The number of carboxylic acid groups (broad SMARTS) is 1. The second-order valence-corrected chi connectivity index (χ2v) is 10.3. The van der Waals surface area contributed by atoms with E-state index in [2.05, 4.69) is 10.6 Å². The quantitative estimate of drug-likeness (QED) is 0.460. The topological polar surface area (TPSA) is 139 Å². The van der Waals surface area contributed by atoms with E-state index in [1.54, 1.807) is 24.3 Å². The number of ether oxygens (including phenoxy) is 1. The van der Waals surface area contributed by atoms with E-state index < -0.39 is 15.8 Å². The van der Waals surface area contributed by atoms with Gasteiger partial charge in [-0.25, -0.2) is 8.42 Å². The summed E-state index contributed by atoms with van der Waals surface area (Å²) < 4.78 is 28.9. The number of nitrogens with one attached hydrogen (secondary N) is 2. The van der Waals surface area contributed by atoms with Crippen LogP contribution in [0.5, 0.6) is 5.75 Å². The van der Waals surface area contributed by atoms with Gasteiger partial charge < -0.3 is 20.5 Å². The highest BCUT2D eigenvalue weighted by molar-refractivity contribution is 7.90. The van der Waals surface area contributed by atoms with Crippen molar-refractivity contribution in [3.63, 3.8) is 0 Å². The summed E-state index contributed by atoms with van der Waals surface area (Å²) in [5, 5.41) is 14.5. The minimum absolute atomic E-state index is 0.0264. The van der Waals surface area contributed by atoms with Crippen molar-refractivity contribution in [3.8, 4) is 5.75 Å². The molecule has 3 N–H and O–H groups in total. The highest BCUT2D eigenvalue weighted by Gasteiger charge is 2.26. The number of aliphatic carboxylic acids is 1. The second-order valence-electron chi connectivity index (χ2n) is 8.26. The van der Waals surface area contributed by atoms with Gasteiger partial charge in [0.2, 0.25) is 0 Å². The minimum Gasteiger partial charge on any atom is -0.490 e. The average Bonchev–Trinajstić information content (AvgIpc) is 2.82. The van der Waals surface area contributed by atoms with Gasteiger partial charge in [-0.3, -0.25) is 14.4 Å². The fourth-order valence-electron chi connectivity index (χ4n) is 3.71. The summed E-state index contributed by atoms with van der Waals surface area (Å²) in [6, 6.07) is 12.3. The predicted octanol–water partition coefficient (Wildman–Crippen LogP) is 2.27.